The zero-order valence-electron chi connectivity index (χ0n) is 21.9. The first-order valence-corrected chi connectivity index (χ1v) is 13.2. The van der Waals surface area contributed by atoms with Crippen LogP contribution in [0.5, 0.6) is 0 Å². The molecule has 0 atom stereocenters. The highest BCUT2D eigenvalue weighted by atomic mass is 17.2. The van der Waals surface area contributed by atoms with Crippen LogP contribution in [0.25, 0.3) is 0 Å². The molecule has 0 aromatic carbocycles. The monoisotopic (exact) mass is 496 g/mol. The van der Waals surface area contributed by atoms with Gasteiger partial charge in [0.25, 0.3) is 0 Å². The molecule has 9 nitrogen and oxygen atoms in total. The highest BCUT2D eigenvalue weighted by Gasteiger charge is 1.96. The molecule has 0 N–H and O–H groups in total. The fourth-order valence-electron chi connectivity index (χ4n) is 2.79. The second kappa shape index (κ2) is 32.6. The molecule has 0 aromatic heterocycles. The van der Waals surface area contributed by atoms with Crippen LogP contribution in [-0.4, -0.2) is 106 Å². The number of hydrogen-bond donors (Lipinski definition) is 0. The maximum absolute atomic E-state index is 5.45. The van der Waals surface area contributed by atoms with Gasteiger partial charge < -0.3 is 33.2 Å². The lowest BCUT2D eigenvalue weighted by Gasteiger charge is -2.08. The van der Waals surface area contributed by atoms with Crippen molar-refractivity contribution in [2.24, 2.45) is 0 Å². The van der Waals surface area contributed by atoms with Crippen molar-refractivity contribution < 1.29 is 42.9 Å². The summed E-state index contributed by atoms with van der Waals surface area (Å²) in [5.74, 6) is 0. The summed E-state index contributed by atoms with van der Waals surface area (Å²) < 4.78 is 37.7. The van der Waals surface area contributed by atoms with Gasteiger partial charge in [-0.05, 0) is 13.3 Å². The van der Waals surface area contributed by atoms with Crippen molar-refractivity contribution in [3.8, 4) is 0 Å². The first-order chi connectivity index (χ1) is 16.9. The Bertz CT molecular complexity index is 316. The second-order valence-electron chi connectivity index (χ2n) is 7.64. The Morgan fingerprint density at radius 2 is 0.618 bits per heavy atom. The third kappa shape index (κ3) is 31.6. The highest BCUT2D eigenvalue weighted by molar-refractivity contribution is 4.44. The van der Waals surface area contributed by atoms with Crippen molar-refractivity contribution in [2.75, 3.05) is 106 Å². The fourth-order valence-corrected chi connectivity index (χ4v) is 2.79. The standard InChI is InChI=1S/C25H52O9/c1-3-5-6-7-8-9-10-11-33-34-25-24-32-23-22-31-21-20-30-19-18-29-17-16-28-15-14-27-13-12-26-4-2/h3-25H2,1-2H3. The molecule has 206 valence electrons. The Labute approximate surface area is 207 Å². The SMILES string of the molecule is CCCCCCCCCOOCCOCCOCCOCCOCCOCCOCCOCC. The summed E-state index contributed by atoms with van der Waals surface area (Å²) in [4.78, 5) is 10.3. The maximum Gasteiger partial charge on any atom is 0.106 e. The molecule has 0 spiro atoms. The van der Waals surface area contributed by atoms with E-state index in [9.17, 15) is 0 Å². The van der Waals surface area contributed by atoms with Gasteiger partial charge in [-0.3, -0.25) is 0 Å². The molecule has 0 saturated heterocycles. The van der Waals surface area contributed by atoms with E-state index in [4.69, 9.17) is 42.9 Å². The van der Waals surface area contributed by atoms with Crippen LogP contribution in [0.4, 0.5) is 0 Å². The molecule has 0 saturated carbocycles. The minimum absolute atomic E-state index is 0.437. The average Bonchev–Trinajstić information content (AvgIpc) is 2.85. The molecule has 0 aliphatic rings. The van der Waals surface area contributed by atoms with Gasteiger partial charge >= 0.3 is 0 Å². The number of hydrogen-bond acceptors (Lipinski definition) is 9. The Kier molecular flexibility index (Phi) is 32.3. The molecule has 0 rings (SSSR count). The number of unbranched alkanes of at least 4 members (excludes halogenated alkanes) is 6. The summed E-state index contributed by atoms with van der Waals surface area (Å²) in [6.45, 7) is 13.2. The van der Waals surface area contributed by atoms with E-state index in [0.29, 0.717) is 99.1 Å². The normalized spacial score (nSPS) is 11.5. The van der Waals surface area contributed by atoms with Crippen LogP contribution in [0.1, 0.15) is 58.8 Å². The number of rotatable bonds is 31. The van der Waals surface area contributed by atoms with Crippen LogP contribution in [0.2, 0.25) is 0 Å². The zero-order chi connectivity index (χ0) is 24.6. The van der Waals surface area contributed by atoms with Gasteiger partial charge in [0.15, 0.2) is 0 Å². The van der Waals surface area contributed by atoms with Gasteiger partial charge in [-0.2, -0.15) is 0 Å². The lowest BCUT2D eigenvalue weighted by Crippen LogP contribution is -2.15. The molecule has 0 unspecified atom stereocenters. The average molecular weight is 497 g/mol. The quantitative estimate of drug-likeness (QED) is 0.0808. The third-order valence-electron chi connectivity index (χ3n) is 4.66. The molecule has 0 bridgehead atoms. The summed E-state index contributed by atoms with van der Waals surface area (Å²) in [7, 11) is 0. The van der Waals surface area contributed by atoms with Crippen molar-refractivity contribution in [1.82, 2.24) is 0 Å². The lowest BCUT2D eigenvalue weighted by molar-refractivity contribution is -0.299. The third-order valence-corrected chi connectivity index (χ3v) is 4.66. The van der Waals surface area contributed by atoms with Crippen molar-refractivity contribution in [1.29, 1.82) is 0 Å². The van der Waals surface area contributed by atoms with Crippen molar-refractivity contribution in [3.05, 3.63) is 0 Å². The predicted octanol–water partition coefficient (Wildman–Crippen LogP) is 3.82. The van der Waals surface area contributed by atoms with Crippen LogP contribution in [0.15, 0.2) is 0 Å². The minimum atomic E-state index is 0.437. The predicted molar refractivity (Wildman–Crippen MR) is 131 cm³/mol. The molecule has 0 fully saturated rings. The zero-order valence-corrected chi connectivity index (χ0v) is 21.9. The molecule has 9 heteroatoms. The molecule has 34 heavy (non-hydrogen) atoms. The Morgan fingerprint density at radius 1 is 0.294 bits per heavy atom. The van der Waals surface area contributed by atoms with E-state index in [-0.39, 0.29) is 0 Å². The minimum Gasteiger partial charge on any atom is -0.379 e. The summed E-state index contributed by atoms with van der Waals surface area (Å²) >= 11 is 0. The number of ether oxygens (including phenoxy) is 7. The van der Waals surface area contributed by atoms with Gasteiger partial charge in [-0.15, -0.1) is 0 Å². The van der Waals surface area contributed by atoms with Gasteiger partial charge in [0.1, 0.15) is 6.61 Å². The van der Waals surface area contributed by atoms with E-state index in [1.165, 1.54) is 38.5 Å². The molecule has 0 radical (unpaired) electrons. The Balaban J connectivity index is 2.99. The fraction of sp³-hybridized carbons (Fsp3) is 1.00. The summed E-state index contributed by atoms with van der Waals surface area (Å²) in [6, 6.07) is 0. The van der Waals surface area contributed by atoms with E-state index in [1.54, 1.807) is 0 Å². The van der Waals surface area contributed by atoms with E-state index in [2.05, 4.69) is 6.92 Å². The molecule has 0 amide bonds. The van der Waals surface area contributed by atoms with Gasteiger partial charge in [0, 0.05) is 6.61 Å². The second-order valence-corrected chi connectivity index (χ2v) is 7.64. The molecule has 0 aliphatic heterocycles. The molecular formula is C25H52O9. The Hall–Kier alpha value is -0.360. The first kappa shape index (κ1) is 33.6. The highest BCUT2D eigenvalue weighted by Crippen LogP contribution is 2.06. The molecule has 0 aromatic rings. The summed E-state index contributed by atoms with van der Waals surface area (Å²) in [6.07, 6.45) is 8.86. The van der Waals surface area contributed by atoms with Crippen LogP contribution in [-0.2, 0) is 42.9 Å². The Morgan fingerprint density at radius 3 is 1.03 bits per heavy atom. The molecule has 0 aliphatic carbocycles. The first-order valence-electron chi connectivity index (χ1n) is 13.2. The van der Waals surface area contributed by atoms with Crippen molar-refractivity contribution >= 4 is 0 Å². The summed E-state index contributed by atoms with van der Waals surface area (Å²) in [5, 5.41) is 0. The summed E-state index contributed by atoms with van der Waals surface area (Å²) in [5.41, 5.74) is 0. The smallest absolute Gasteiger partial charge is 0.106 e. The van der Waals surface area contributed by atoms with Gasteiger partial charge in [-0.1, -0.05) is 45.4 Å². The van der Waals surface area contributed by atoms with E-state index < -0.39 is 0 Å². The van der Waals surface area contributed by atoms with Crippen LogP contribution in [0.3, 0.4) is 0 Å². The van der Waals surface area contributed by atoms with E-state index >= 15 is 0 Å². The molecular weight excluding hydrogens is 444 g/mol. The van der Waals surface area contributed by atoms with Crippen molar-refractivity contribution in [2.45, 2.75) is 58.8 Å². The van der Waals surface area contributed by atoms with Crippen molar-refractivity contribution in [3.63, 3.8) is 0 Å². The van der Waals surface area contributed by atoms with Gasteiger partial charge in [0.2, 0.25) is 0 Å². The van der Waals surface area contributed by atoms with Crippen LogP contribution < -0.4 is 0 Å². The van der Waals surface area contributed by atoms with Crippen LogP contribution >= 0.6 is 0 Å². The maximum atomic E-state index is 5.45. The topological polar surface area (TPSA) is 83.1 Å². The lowest BCUT2D eigenvalue weighted by atomic mass is 10.1. The molecule has 0 heterocycles. The van der Waals surface area contributed by atoms with Gasteiger partial charge in [0.05, 0.1) is 92.5 Å². The van der Waals surface area contributed by atoms with E-state index in [0.717, 1.165) is 13.0 Å². The van der Waals surface area contributed by atoms with Gasteiger partial charge in [-0.25, -0.2) is 9.78 Å². The van der Waals surface area contributed by atoms with E-state index in [1.807, 2.05) is 6.92 Å². The van der Waals surface area contributed by atoms with Crippen LogP contribution in [0, 0.1) is 0 Å². The largest absolute Gasteiger partial charge is 0.379 e.